The first kappa shape index (κ1) is 18.0. The summed E-state index contributed by atoms with van der Waals surface area (Å²) >= 11 is 1.10. The van der Waals surface area contributed by atoms with Crippen LogP contribution in [-0.4, -0.2) is 41.5 Å². The minimum Gasteiger partial charge on any atom is -0.465 e. The van der Waals surface area contributed by atoms with E-state index in [1.165, 1.54) is 14.0 Å². The van der Waals surface area contributed by atoms with E-state index in [1.54, 1.807) is 20.8 Å². The first-order valence-electron chi connectivity index (χ1n) is 6.32. The smallest absolute Gasteiger partial charge is 0.452 e. The second-order valence-electron chi connectivity index (χ2n) is 5.23. The van der Waals surface area contributed by atoms with Crippen molar-refractivity contribution in [3.8, 4) is 0 Å². The van der Waals surface area contributed by atoms with Crippen molar-refractivity contribution in [2.24, 2.45) is 15.2 Å². The molecule has 0 saturated heterocycles. The number of thioether (sulfide) groups is 1. The van der Waals surface area contributed by atoms with Gasteiger partial charge in [-0.15, -0.1) is 5.11 Å². The van der Waals surface area contributed by atoms with Crippen LogP contribution in [0.25, 0.3) is 0 Å². The van der Waals surface area contributed by atoms with E-state index in [4.69, 9.17) is 4.74 Å². The minimum atomic E-state index is -0.881. The lowest BCUT2D eigenvalue weighted by molar-refractivity contribution is -0.135. The molecule has 0 spiro atoms. The number of allylic oxidation sites excluding steroid dienone is 1. The molecule has 1 rings (SSSR count). The summed E-state index contributed by atoms with van der Waals surface area (Å²) in [7, 11) is 1.20. The maximum atomic E-state index is 11.8. The molecule has 0 aromatic heterocycles. The third-order valence-corrected chi connectivity index (χ3v) is 3.16. The van der Waals surface area contributed by atoms with Crippen LogP contribution in [0.3, 0.4) is 0 Å². The molecular formula is C13H17N3O5S. The van der Waals surface area contributed by atoms with Gasteiger partial charge >= 0.3 is 12.1 Å². The summed E-state index contributed by atoms with van der Waals surface area (Å²) in [6, 6.07) is 0. The molecule has 0 N–H and O–H groups in total. The molecule has 8 nitrogen and oxygen atoms in total. The van der Waals surface area contributed by atoms with Gasteiger partial charge in [0, 0.05) is 0 Å². The van der Waals surface area contributed by atoms with Crippen LogP contribution in [0.15, 0.2) is 26.5 Å². The van der Waals surface area contributed by atoms with Gasteiger partial charge in [-0.2, -0.15) is 0 Å². The molecule has 0 aliphatic carbocycles. The molecule has 1 aliphatic rings. The zero-order valence-electron chi connectivity index (χ0n) is 13.0. The van der Waals surface area contributed by atoms with Crippen molar-refractivity contribution in [2.45, 2.75) is 33.3 Å². The largest absolute Gasteiger partial charge is 0.465 e. The predicted octanol–water partition coefficient (Wildman–Crippen LogP) is 2.49. The van der Waals surface area contributed by atoms with Gasteiger partial charge < -0.3 is 9.47 Å². The van der Waals surface area contributed by atoms with Crippen LogP contribution in [-0.2, 0) is 19.1 Å². The summed E-state index contributed by atoms with van der Waals surface area (Å²) in [6.07, 6.45) is -0.881. The topological polar surface area (TPSA) is 107 Å². The third-order valence-electron chi connectivity index (χ3n) is 2.20. The van der Waals surface area contributed by atoms with Crippen LogP contribution in [0.1, 0.15) is 27.7 Å². The zero-order chi connectivity index (χ0) is 16.9. The fourth-order valence-corrected chi connectivity index (χ4v) is 2.24. The molecule has 0 atom stereocenters. The van der Waals surface area contributed by atoms with Crippen LogP contribution in [0.5, 0.6) is 0 Å². The predicted molar refractivity (Wildman–Crippen MR) is 80.7 cm³/mol. The van der Waals surface area contributed by atoms with E-state index in [0.717, 1.165) is 11.8 Å². The molecule has 120 valence electrons. The lowest BCUT2D eigenvalue weighted by Gasteiger charge is -2.16. The lowest BCUT2D eigenvalue weighted by Crippen LogP contribution is -2.21. The van der Waals surface area contributed by atoms with E-state index >= 15 is 0 Å². The lowest BCUT2D eigenvalue weighted by atomic mass is 10.2. The number of esters is 1. The summed E-state index contributed by atoms with van der Waals surface area (Å²) in [6.45, 7) is 6.54. The van der Waals surface area contributed by atoms with E-state index in [9.17, 15) is 14.4 Å². The summed E-state index contributed by atoms with van der Waals surface area (Å²) < 4.78 is 9.62. The van der Waals surface area contributed by atoms with Crippen molar-refractivity contribution in [1.29, 1.82) is 0 Å². The second kappa shape index (κ2) is 7.30. The molecule has 9 heteroatoms. The molecule has 0 unspecified atom stereocenters. The number of methoxy groups -OCH3 is 1. The molecule has 0 radical (unpaired) electrons. The highest BCUT2D eigenvalue weighted by Gasteiger charge is 2.26. The Labute approximate surface area is 132 Å². The number of hydrogen-bond acceptors (Lipinski definition) is 7. The van der Waals surface area contributed by atoms with Gasteiger partial charge in [0.15, 0.2) is 0 Å². The van der Waals surface area contributed by atoms with Crippen LogP contribution >= 0.6 is 11.8 Å². The molecule has 2 amide bonds. The molecule has 1 heterocycles. The number of nitrogens with zero attached hydrogens (tertiary/aromatic N) is 3. The van der Waals surface area contributed by atoms with Crippen molar-refractivity contribution in [3.63, 3.8) is 0 Å². The van der Waals surface area contributed by atoms with Gasteiger partial charge in [0.1, 0.15) is 16.2 Å². The third kappa shape index (κ3) is 5.40. The first-order chi connectivity index (χ1) is 10.1. The van der Waals surface area contributed by atoms with Gasteiger partial charge in [0.25, 0.3) is 5.91 Å². The van der Waals surface area contributed by atoms with E-state index in [1.807, 2.05) is 0 Å². The number of carbonyl (C=O) groups is 3. The number of aliphatic imine (C=N–C) groups is 1. The van der Waals surface area contributed by atoms with Crippen LogP contribution in [0.4, 0.5) is 4.79 Å². The maximum Gasteiger partial charge on any atom is 0.452 e. The monoisotopic (exact) mass is 327 g/mol. The minimum absolute atomic E-state index is 0.00524. The van der Waals surface area contributed by atoms with Gasteiger partial charge in [-0.05, 0) is 27.7 Å². The molecule has 22 heavy (non-hydrogen) atoms. The second-order valence-corrected chi connectivity index (χ2v) is 6.20. The average molecular weight is 327 g/mol. The van der Waals surface area contributed by atoms with Gasteiger partial charge in [0.05, 0.1) is 18.6 Å². The standard InChI is InChI=1S/C13H17N3O5S/c1-7(15-16-12(19)21-13(2,3)4)9(11(18)20-5)10-14-8(17)6-22-10/h6H2,1-5H3/b9-7-,16-15?. The van der Waals surface area contributed by atoms with E-state index in [0.29, 0.717) is 0 Å². The van der Waals surface area contributed by atoms with Crippen LogP contribution in [0, 0.1) is 0 Å². The van der Waals surface area contributed by atoms with Crippen molar-refractivity contribution in [2.75, 3.05) is 12.9 Å². The Kier molecular flexibility index (Phi) is 5.98. The Morgan fingerprint density at radius 2 is 1.91 bits per heavy atom. The summed E-state index contributed by atoms with van der Waals surface area (Å²) in [4.78, 5) is 38.2. The summed E-state index contributed by atoms with van der Waals surface area (Å²) in [5, 5.41) is 7.26. The Hall–Kier alpha value is -2.03. The van der Waals surface area contributed by atoms with Crippen molar-refractivity contribution in [1.82, 2.24) is 0 Å². The van der Waals surface area contributed by atoms with Crippen molar-refractivity contribution in [3.05, 3.63) is 11.3 Å². The Morgan fingerprint density at radius 1 is 1.27 bits per heavy atom. The van der Waals surface area contributed by atoms with Gasteiger partial charge in [0.2, 0.25) is 0 Å². The van der Waals surface area contributed by atoms with Crippen molar-refractivity contribution >= 4 is 34.8 Å². The number of hydrogen-bond donors (Lipinski definition) is 0. The van der Waals surface area contributed by atoms with Gasteiger partial charge in [-0.25, -0.2) is 14.6 Å². The fraction of sp³-hybridized carbons (Fsp3) is 0.538. The normalized spacial score (nSPS) is 16.4. The van der Waals surface area contributed by atoms with Crippen LogP contribution < -0.4 is 0 Å². The van der Waals surface area contributed by atoms with Crippen LogP contribution in [0.2, 0.25) is 0 Å². The zero-order valence-corrected chi connectivity index (χ0v) is 13.8. The molecular weight excluding hydrogens is 310 g/mol. The van der Waals surface area contributed by atoms with Gasteiger partial charge in [-0.1, -0.05) is 16.9 Å². The average Bonchev–Trinajstić information content (AvgIpc) is 2.80. The quantitative estimate of drug-likeness (QED) is 0.448. The molecule has 0 saturated carbocycles. The Morgan fingerprint density at radius 3 is 2.36 bits per heavy atom. The first-order valence-corrected chi connectivity index (χ1v) is 7.31. The molecule has 0 aromatic rings. The summed E-state index contributed by atoms with van der Waals surface area (Å²) in [5.41, 5.74) is -0.583. The Bertz CT molecular complexity index is 587. The summed E-state index contributed by atoms with van der Waals surface area (Å²) in [5.74, 6) is -0.911. The van der Waals surface area contributed by atoms with Gasteiger partial charge in [-0.3, -0.25) is 4.79 Å². The fourth-order valence-electron chi connectivity index (χ4n) is 1.38. The highest BCUT2D eigenvalue weighted by atomic mass is 32.2. The molecule has 0 fully saturated rings. The Balaban J connectivity index is 3.03. The van der Waals surface area contributed by atoms with E-state index in [-0.39, 0.29) is 28.0 Å². The maximum absolute atomic E-state index is 11.8. The highest BCUT2D eigenvalue weighted by Crippen LogP contribution is 2.23. The molecule has 0 bridgehead atoms. The number of azo groups is 1. The van der Waals surface area contributed by atoms with E-state index in [2.05, 4.69) is 20.0 Å². The highest BCUT2D eigenvalue weighted by molar-refractivity contribution is 8.15. The SMILES string of the molecule is COC(=O)/C(C1=NC(=O)CS1)=C(/C)N=NC(=O)OC(C)(C)C. The molecule has 0 aromatic carbocycles. The number of amides is 2. The number of carbonyl (C=O) groups excluding carboxylic acids is 3. The number of rotatable bonds is 3. The van der Waals surface area contributed by atoms with Crippen molar-refractivity contribution < 1.29 is 23.9 Å². The van der Waals surface area contributed by atoms with E-state index < -0.39 is 17.7 Å². The number of ether oxygens (including phenoxy) is 2. The molecule has 1 aliphatic heterocycles.